The van der Waals surface area contributed by atoms with Crippen LogP contribution in [0.15, 0.2) is 79.2 Å². The summed E-state index contributed by atoms with van der Waals surface area (Å²) in [6.45, 7) is 7.38. The minimum absolute atomic E-state index is 0. The molecule has 0 aliphatic rings. The highest BCUT2D eigenvalue weighted by atomic mass is 19.1. The van der Waals surface area contributed by atoms with E-state index in [1.54, 1.807) is 49.5 Å². The monoisotopic (exact) mass is 439 g/mol. The second-order valence-corrected chi connectivity index (χ2v) is 6.94. The number of nitrogens with zero attached hydrogens (tertiary/aromatic N) is 1. The Balaban J connectivity index is 0.00000289. The molecule has 3 rings (SSSR count). The highest BCUT2D eigenvalue weighted by molar-refractivity contribution is 5.96. The molecule has 0 saturated carbocycles. The molecule has 0 aliphatic heterocycles. The van der Waals surface area contributed by atoms with Gasteiger partial charge in [0.2, 0.25) is 0 Å². The van der Waals surface area contributed by atoms with Gasteiger partial charge in [-0.3, -0.25) is 4.79 Å². The van der Waals surface area contributed by atoms with Crippen LogP contribution in [-0.4, -0.2) is 10.9 Å². The van der Waals surface area contributed by atoms with E-state index in [1.165, 1.54) is 12.1 Å². The number of ether oxygens (including phenoxy) is 1. The van der Waals surface area contributed by atoms with Crippen molar-refractivity contribution in [3.05, 3.63) is 107 Å². The average Bonchev–Trinajstić information content (AvgIpc) is 2.77. The first kappa shape index (κ1) is 22.7. The van der Waals surface area contributed by atoms with Gasteiger partial charge in [0.25, 0.3) is 5.91 Å². The van der Waals surface area contributed by atoms with Crippen molar-refractivity contribution in [2.75, 3.05) is 5.32 Å². The average molecular weight is 440 g/mol. The van der Waals surface area contributed by atoms with E-state index >= 15 is 0 Å². The standard InChI is InChI=1S/C25H23F2N3O2.2H2/c1-4-20(5-2)30-24-14-21(9-10-28-24)32-23-8-6-7-22(16(23)3)25(31)29-15-17-11-18(26)13-19(27)12-17;;/h4-14H,1,15H2,2-3H3,(H,28,30)(H,29,31);2*1H/b20-5+;;. The number of halogens is 2. The van der Waals surface area contributed by atoms with Crippen LogP contribution in [0.1, 0.15) is 31.3 Å². The van der Waals surface area contributed by atoms with Gasteiger partial charge in [-0.25, -0.2) is 13.8 Å². The number of carbonyl (C=O) groups excluding carboxylic acids is 1. The quantitative estimate of drug-likeness (QED) is 0.400. The molecule has 1 amide bonds. The van der Waals surface area contributed by atoms with Gasteiger partial charge in [-0.1, -0.05) is 18.7 Å². The number of carbonyl (C=O) groups is 1. The maximum Gasteiger partial charge on any atom is 0.251 e. The third-order valence-corrected chi connectivity index (χ3v) is 4.67. The number of aromatic nitrogens is 1. The van der Waals surface area contributed by atoms with Gasteiger partial charge in [0, 0.05) is 44.6 Å². The van der Waals surface area contributed by atoms with E-state index < -0.39 is 11.6 Å². The van der Waals surface area contributed by atoms with Crippen molar-refractivity contribution in [1.82, 2.24) is 10.3 Å². The Morgan fingerprint density at radius 3 is 2.62 bits per heavy atom. The Labute approximate surface area is 188 Å². The smallest absolute Gasteiger partial charge is 0.251 e. The van der Waals surface area contributed by atoms with Gasteiger partial charge in [0.1, 0.15) is 29.0 Å². The molecule has 32 heavy (non-hydrogen) atoms. The predicted octanol–water partition coefficient (Wildman–Crippen LogP) is 6.38. The molecule has 7 heteroatoms. The number of rotatable bonds is 8. The molecule has 2 N–H and O–H groups in total. The molecule has 0 spiro atoms. The molecule has 0 unspecified atom stereocenters. The summed E-state index contributed by atoms with van der Waals surface area (Å²) in [4.78, 5) is 16.9. The van der Waals surface area contributed by atoms with E-state index in [9.17, 15) is 13.6 Å². The van der Waals surface area contributed by atoms with Gasteiger partial charge in [0.05, 0.1) is 0 Å². The second kappa shape index (κ2) is 10.3. The molecule has 0 aliphatic carbocycles. The summed E-state index contributed by atoms with van der Waals surface area (Å²) in [5, 5.41) is 5.81. The molecule has 2 aromatic carbocycles. The van der Waals surface area contributed by atoms with Crippen LogP contribution >= 0.6 is 0 Å². The van der Waals surface area contributed by atoms with Gasteiger partial charge in [0.15, 0.2) is 0 Å². The van der Waals surface area contributed by atoms with Crippen LogP contribution in [0.2, 0.25) is 0 Å². The van der Waals surface area contributed by atoms with Crippen molar-refractivity contribution in [3.8, 4) is 11.5 Å². The lowest BCUT2D eigenvalue weighted by molar-refractivity contribution is 0.0950. The van der Waals surface area contributed by atoms with E-state index in [-0.39, 0.29) is 15.3 Å². The molecule has 0 bridgehead atoms. The zero-order valence-electron chi connectivity index (χ0n) is 17.8. The molecule has 0 fully saturated rings. The molecule has 1 aromatic heterocycles. The van der Waals surface area contributed by atoms with E-state index in [2.05, 4.69) is 22.2 Å². The molecule has 1 heterocycles. The Hall–Kier alpha value is -4.00. The summed E-state index contributed by atoms with van der Waals surface area (Å²) in [6.07, 6.45) is 5.16. The van der Waals surface area contributed by atoms with Gasteiger partial charge in [-0.05, 0) is 55.8 Å². The van der Waals surface area contributed by atoms with Crippen LogP contribution in [0.3, 0.4) is 0 Å². The maximum absolute atomic E-state index is 13.4. The molecule has 168 valence electrons. The lowest BCUT2D eigenvalue weighted by atomic mass is 10.1. The zero-order chi connectivity index (χ0) is 23.1. The highest BCUT2D eigenvalue weighted by Crippen LogP contribution is 2.28. The number of hydrogen-bond donors (Lipinski definition) is 2. The van der Waals surface area contributed by atoms with E-state index in [0.717, 1.165) is 11.8 Å². The SMILES string of the molecule is C=C/C(=C\C)Nc1cc(Oc2cccc(C(=O)NCc3cc(F)cc(F)c3)c2C)ccn1.[HH].[HH]. The summed E-state index contributed by atoms with van der Waals surface area (Å²) in [5.74, 6) is -0.134. The number of nitrogens with one attached hydrogen (secondary N) is 2. The fourth-order valence-corrected chi connectivity index (χ4v) is 3.02. The second-order valence-electron chi connectivity index (χ2n) is 6.94. The van der Waals surface area contributed by atoms with Crippen LogP contribution in [-0.2, 0) is 6.54 Å². The van der Waals surface area contributed by atoms with Crippen molar-refractivity contribution in [2.45, 2.75) is 20.4 Å². The van der Waals surface area contributed by atoms with Gasteiger partial charge in [-0.15, -0.1) is 0 Å². The highest BCUT2D eigenvalue weighted by Gasteiger charge is 2.14. The number of anilines is 1. The van der Waals surface area contributed by atoms with Crippen molar-refractivity contribution >= 4 is 11.7 Å². The predicted molar refractivity (Wildman–Crippen MR) is 125 cm³/mol. The first-order valence-electron chi connectivity index (χ1n) is 9.92. The minimum Gasteiger partial charge on any atom is -0.457 e. The Kier molecular flexibility index (Phi) is 7.33. The van der Waals surface area contributed by atoms with E-state index in [0.29, 0.717) is 34.0 Å². The summed E-state index contributed by atoms with van der Waals surface area (Å²) in [6, 6.07) is 11.7. The molecular weight excluding hydrogens is 412 g/mol. The van der Waals surface area contributed by atoms with Crippen LogP contribution < -0.4 is 15.4 Å². The number of amides is 1. The van der Waals surface area contributed by atoms with Crippen molar-refractivity contribution in [3.63, 3.8) is 0 Å². The molecule has 5 nitrogen and oxygen atoms in total. The van der Waals surface area contributed by atoms with Crippen LogP contribution in [0.4, 0.5) is 14.6 Å². The fourth-order valence-electron chi connectivity index (χ4n) is 3.02. The molecular formula is C25H27F2N3O2. The lowest BCUT2D eigenvalue weighted by Gasteiger charge is -2.14. The lowest BCUT2D eigenvalue weighted by Crippen LogP contribution is -2.23. The molecule has 0 radical (unpaired) electrons. The normalized spacial score (nSPS) is 11.1. The Morgan fingerprint density at radius 1 is 1.19 bits per heavy atom. The first-order chi connectivity index (χ1) is 15.4. The summed E-state index contributed by atoms with van der Waals surface area (Å²) in [7, 11) is 0. The van der Waals surface area contributed by atoms with Gasteiger partial charge < -0.3 is 15.4 Å². The van der Waals surface area contributed by atoms with E-state index in [1.807, 2.05) is 13.0 Å². The Bertz CT molecular complexity index is 1170. The first-order valence-corrected chi connectivity index (χ1v) is 9.92. The third-order valence-electron chi connectivity index (χ3n) is 4.67. The maximum atomic E-state index is 13.4. The van der Waals surface area contributed by atoms with Crippen molar-refractivity contribution in [1.29, 1.82) is 0 Å². The van der Waals surface area contributed by atoms with E-state index in [4.69, 9.17) is 4.74 Å². The van der Waals surface area contributed by atoms with Crippen LogP contribution in [0, 0.1) is 18.6 Å². The molecule has 3 aromatic rings. The summed E-state index contributed by atoms with van der Waals surface area (Å²) in [5.41, 5.74) is 2.16. The number of pyridine rings is 1. The van der Waals surface area contributed by atoms with Gasteiger partial charge in [-0.2, -0.15) is 0 Å². The van der Waals surface area contributed by atoms with Crippen LogP contribution in [0.25, 0.3) is 0 Å². The van der Waals surface area contributed by atoms with Crippen molar-refractivity contribution < 1.29 is 21.2 Å². The summed E-state index contributed by atoms with van der Waals surface area (Å²) >= 11 is 0. The topological polar surface area (TPSA) is 63.2 Å². The molecule has 0 atom stereocenters. The number of hydrogen-bond acceptors (Lipinski definition) is 4. The summed E-state index contributed by atoms with van der Waals surface area (Å²) < 4.78 is 32.7. The number of allylic oxidation sites excluding steroid dienone is 2. The third kappa shape index (κ3) is 5.78. The van der Waals surface area contributed by atoms with Crippen LogP contribution in [0.5, 0.6) is 11.5 Å². The van der Waals surface area contributed by atoms with Gasteiger partial charge >= 0.3 is 0 Å². The fraction of sp³-hybridized carbons (Fsp3) is 0.120. The molecule has 0 saturated heterocycles. The van der Waals surface area contributed by atoms with Crippen molar-refractivity contribution in [2.24, 2.45) is 0 Å². The Morgan fingerprint density at radius 2 is 1.94 bits per heavy atom. The largest absolute Gasteiger partial charge is 0.457 e. The minimum atomic E-state index is -0.693. The number of benzene rings is 2. The zero-order valence-corrected chi connectivity index (χ0v) is 17.8.